The Morgan fingerprint density at radius 2 is 1.96 bits per heavy atom. The molecule has 2 N–H and O–H groups in total. The Morgan fingerprint density at radius 1 is 1.17 bits per heavy atom. The fraction of sp³-hybridized carbons (Fsp3) is 0.368. The van der Waals surface area contributed by atoms with Crippen molar-refractivity contribution >= 4 is 11.7 Å². The van der Waals surface area contributed by atoms with Gasteiger partial charge < -0.3 is 10.6 Å². The number of rotatable bonds is 8. The first-order chi connectivity index (χ1) is 11.2. The largest absolute Gasteiger partial charge is 0.368 e. The van der Waals surface area contributed by atoms with Crippen molar-refractivity contribution in [3.63, 3.8) is 0 Å². The molecule has 1 aromatic heterocycles. The third-order valence-corrected chi connectivity index (χ3v) is 3.80. The van der Waals surface area contributed by atoms with Gasteiger partial charge in [-0.15, -0.1) is 0 Å². The first-order valence-corrected chi connectivity index (χ1v) is 8.23. The highest BCUT2D eigenvalue weighted by molar-refractivity contribution is 5.94. The fourth-order valence-electron chi connectivity index (χ4n) is 2.21. The summed E-state index contributed by atoms with van der Waals surface area (Å²) in [5.41, 5.74) is 1.89. The lowest BCUT2D eigenvalue weighted by Gasteiger charge is -2.12. The average molecular weight is 311 g/mol. The minimum absolute atomic E-state index is 0.0688. The van der Waals surface area contributed by atoms with E-state index in [1.54, 1.807) is 6.20 Å². The maximum Gasteiger partial charge on any atom is 0.252 e. The number of benzene rings is 1. The van der Waals surface area contributed by atoms with Crippen LogP contribution in [-0.2, 0) is 6.42 Å². The molecule has 4 nitrogen and oxygen atoms in total. The quantitative estimate of drug-likeness (QED) is 0.732. The van der Waals surface area contributed by atoms with Crippen LogP contribution < -0.4 is 10.6 Å². The highest BCUT2D eigenvalue weighted by Crippen LogP contribution is 2.08. The normalized spacial score (nSPS) is 11.7. The van der Waals surface area contributed by atoms with E-state index in [0.717, 1.165) is 25.1 Å². The number of carbonyl (C=O) groups is 1. The van der Waals surface area contributed by atoms with Crippen LogP contribution in [0.25, 0.3) is 0 Å². The van der Waals surface area contributed by atoms with E-state index in [2.05, 4.69) is 41.6 Å². The van der Waals surface area contributed by atoms with Crippen LogP contribution in [-0.4, -0.2) is 23.5 Å². The minimum Gasteiger partial charge on any atom is -0.368 e. The van der Waals surface area contributed by atoms with E-state index in [1.165, 1.54) is 5.56 Å². The molecule has 0 bridgehead atoms. The van der Waals surface area contributed by atoms with E-state index in [9.17, 15) is 4.79 Å². The number of carbonyl (C=O) groups excluding carboxylic acids is 1. The molecule has 122 valence electrons. The molecule has 0 radical (unpaired) electrons. The summed E-state index contributed by atoms with van der Waals surface area (Å²) in [5.74, 6) is 0.737. The zero-order valence-electron chi connectivity index (χ0n) is 13.9. The number of aryl methyl sites for hydroxylation is 1. The minimum atomic E-state index is -0.0688. The molecule has 4 heteroatoms. The molecule has 0 aliphatic rings. The van der Waals surface area contributed by atoms with Gasteiger partial charge in [0.15, 0.2) is 0 Å². The summed E-state index contributed by atoms with van der Waals surface area (Å²) in [5, 5.41) is 6.23. The molecule has 1 amide bonds. The highest BCUT2D eigenvalue weighted by atomic mass is 16.1. The average Bonchev–Trinajstić information content (AvgIpc) is 2.60. The van der Waals surface area contributed by atoms with Crippen LogP contribution in [0, 0.1) is 0 Å². The Labute approximate surface area is 138 Å². The van der Waals surface area contributed by atoms with Crippen molar-refractivity contribution in [2.24, 2.45) is 0 Å². The third kappa shape index (κ3) is 5.74. The lowest BCUT2D eigenvalue weighted by Crippen LogP contribution is -2.25. The summed E-state index contributed by atoms with van der Waals surface area (Å²) in [6.45, 7) is 4.89. The van der Waals surface area contributed by atoms with Crippen molar-refractivity contribution < 1.29 is 4.79 Å². The van der Waals surface area contributed by atoms with Crippen molar-refractivity contribution in [2.45, 2.75) is 39.2 Å². The van der Waals surface area contributed by atoms with Gasteiger partial charge in [0.2, 0.25) is 0 Å². The molecule has 2 rings (SSSR count). The van der Waals surface area contributed by atoms with Crippen LogP contribution in [0.1, 0.15) is 42.6 Å². The number of amides is 1. The van der Waals surface area contributed by atoms with Gasteiger partial charge in [-0.25, -0.2) is 4.98 Å². The molecule has 0 fully saturated rings. The summed E-state index contributed by atoms with van der Waals surface area (Å²) in [7, 11) is 0. The number of anilines is 1. The third-order valence-electron chi connectivity index (χ3n) is 3.80. The Kier molecular flexibility index (Phi) is 6.60. The zero-order valence-corrected chi connectivity index (χ0v) is 13.9. The lowest BCUT2D eigenvalue weighted by atomic mass is 10.1. The second-order valence-corrected chi connectivity index (χ2v) is 5.73. The van der Waals surface area contributed by atoms with E-state index in [-0.39, 0.29) is 5.91 Å². The van der Waals surface area contributed by atoms with E-state index in [1.807, 2.05) is 30.3 Å². The molecule has 0 aliphatic carbocycles. The van der Waals surface area contributed by atoms with E-state index in [0.29, 0.717) is 18.2 Å². The summed E-state index contributed by atoms with van der Waals surface area (Å²) in [4.78, 5) is 16.4. The van der Waals surface area contributed by atoms with Gasteiger partial charge in [0.05, 0.1) is 5.56 Å². The molecule has 1 unspecified atom stereocenters. The molecule has 23 heavy (non-hydrogen) atoms. The van der Waals surface area contributed by atoms with Gasteiger partial charge in [-0.3, -0.25) is 4.79 Å². The fourth-order valence-corrected chi connectivity index (χ4v) is 2.21. The van der Waals surface area contributed by atoms with Gasteiger partial charge in [0.1, 0.15) is 5.82 Å². The Balaban J connectivity index is 1.75. The predicted molar refractivity (Wildman–Crippen MR) is 94.7 cm³/mol. The van der Waals surface area contributed by atoms with Gasteiger partial charge in [0.25, 0.3) is 5.91 Å². The second kappa shape index (κ2) is 8.93. The van der Waals surface area contributed by atoms with Crippen LogP contribution in [0.2, 0.25) is 0 Å². The van der Waals surface area contributed by atoms with Crippen molar-refractivity contribution in [3.8, 4) is 0 Å². The maximum absolute atomic E-state index is 12.1. The molecule has 1 heterocycles. The number of hydrogen-bond acceptors (Lipinski definition) is 3. The van der Waals surface area contributed by atoms with Crippen molar-refractivity contribution in [3.05, 3.63) is 59.8 Å². The molecule has 1 aromatic carbocycles. The van der Waals surface area contributed by atoms with Gasteiger partial charge in [-0.2, -0.15) is 0 Å². The number of nitrogens with one attached hydrogen (secondary N) is 2. The van der Waals surface area contributed by atoms with Gasteiger partial charge in [-0.05, 0) is 43.9 Å². The van der Waals surface area contributed by atoms with Crippen LogP contribution in [0.15, 0.2) is 48.7 Å². The highest BCUT2D eigenvalue weighted by Gasteiger charge is 2.06. The Morgan fingerprint density at radius 3 is 2.61 bits per heavy atom. The van der Waals surface area contributed by atoms with E-state index >= 15 is 0 Å². The van der Waals surface area contributed by atoms with Crippen LogP contribution >= 0.6 is 0 Å². The van der Waals surface area contributed by atoms with Crippen LogP contribution in [0.5, 0.6) is 0 Å². The SMILES string of the molecule is CCC(C)Nc1ccc(C(=O)NCCCc2ccccc2)cn1. The van der Waals surface area contributed by atoms with Crippen LogP contribution in [0.3, 0.4) is 0 Å². The van der Waals surface area contributed by atoms with Crippen LogP contribution in [0.4, 0.5) is 5.82 Å². The number of hydrogen-bond donors (Lipinski definition) is 2. The number of aromatic nitrogens is 1. The first-order valence-electron chi connectivity index (χ1n) is 8.23. The number of pyridine rings is 1. The monoisotopic (exact) mass is 311 g/mol. The lowest BCUT2D eigenvalue weighted by molar-refractivity contribution is 0.0953. The second-order valence-electron chi connectivity index (χ2n) is 5.73. The molecule has 2 aromatic rings. The maximum atomic E-state index is 12.1. The summed E-state index contributed by atoms with van der Waals surface area (Å²) >= 11 is 0. The zero-order chi connectivity index (χ0) is 16.5. The summed E-state index contributed by atoms with van der Waals surface area (Å²) < 4.78 is 0. The molecule has 1 atom stereocenters. The molecular weight excluding hydrogens is 286 g/mol. The number of nitrogens with zero attached hydrogens (tertiary/aromatic N) is 1. The van der Waals surface area contributed by atoms with Gasteiger partial charge in [-0.1, -0.05) is 37.3 Å². The van der Waals surface area contributed by atoms with Crippen molar-refractivity contribution in [1.29, 1.82) is 0 Å². The first kappa shape index (κ1) is 17.0. The smallest absolute Gasteiger partial charge is 0.252 e. The molecule has 0 aliphatic heterocycles. The molecule has 0 saturated carbocycles. The topological polar surface area (TPSA) is 54.0 Å². The molecular formula is C19H25N3O. The van der Waals surface area contributed by atoms with Crippen molar-refractivity contribution in [2.75, 3.05) is 11.9 Å². The summed E-state index contributed by atoms with van der Waals surface area (Å²) in [6, 6.07) is 14.3. The predicted octanol–water partition coefficient (Wildman–Crippen LogP) is 3.65. The van der Waals surface area contributed by atoms with E-state index < -0.39 is 0 Å². The molecule has 0 spiro atoms. The Bertz CT molecular complexity index is 596. The van der Waals surface area contributed by atoms with E-state index in [4.69, 9.17) is 0 Å². The van der Waals surface area contributed by atoms with Crippen molar-refractivity contribution in [1.82, 2.24) is 10.3 Å². The standard InChI is InChI=1S/C19H25N3O/c1-3-15(2)22-18-12-11-17(14-21-18)19(23)20-13-7-10-16-8-5-4-6-9-16/h4-6,8-9,11-12,14-15H,3,7,10,13H2,1-2H3,(H,20,23)(H,21,22). The van der Waals surface area contributed by atoms with Gasteiger partial charge >= 0.3 is 0 Å². The van der Waals surface area contributed by atoms with Gasteiger partial charge in [0, 0.05) is 18.8 Å². The summed E-state index contributed by atoms with van der Waals surface area (Å²) in [6.07, 6.45) is 4.55. The Hall–Kier alpha value is -2.36. The molecule has 0 saturated heterocycles.